The van der Waals surface area contributed by atoms with Crippen LogP contribution >= 0.6 is 0 Å². The van der Waals surface area contributed by atoms with Gasteiger partial charge >= 0.3 is 6.18 Å². The molecular formula is C13H19F3N2. The van der Waals surface area contributed by atoms with E-state index >= 15 is 0 Å². The Kier molecular flexibility index (Phi) is 5.47. The zero-order chi connectivity index (χ0) is 13.6. The Morgan fingerprint density at radius 2 is 2.00 bits per heavy atom. The highest BCUT2D eigenvalue weighted by molar-refractivity contribution is 5.40. The lowest BCUT2D eigenvalue weighted by molar-refractivity contribution is -0.136. The number of anilines is 1. The van der Waals surface area contributed by atoms with Gasteiger partial charge in [0.25, 0.3) is 0 Å². The van der Waals surface area contributed by atoms with Crippen molar-refractivity contribution < 1.29 is 13.2 Å². The van der Waals surface area contributed by atoms with Crippen molar-refractivity contribution in [1.82, 2.24) is 4.90 Å². The Morgan fingerprint density at radius 1 is 1.28 bits per heavy atom. The van der Waals surface area contributed by atoms with E-state index in [-0.39, 0.29) is 6.42 Å². The van der Waals surface area contributed by atoms with E-state index in [0.717, 1.165) is 12.1 Å². The van der Waals surface area contributed by atoms with Crippen molar-refractivity contribution in [2.75, 3.05) is 18.8 Å². The summed E-state index contributed by atoms with van der Waals surface area (Å²) in [4.78, 5) is 1.99. The normalized spacial score (nSPS) is 12.1. The monoisotopic (exact) mass is 260 g/mol. The Hall–Kier alpha value is -1.23. The van der Waals surface area contributed by atoms with Crippen LogP contribution < -0.4 is 5.73 Å². The summed E-state index contributed by atoms with van der Waals surface area (Å²) in [5.74, 6) is 0. The molecule has 2 nitrogen and oxygen atoms in total. The first-order valence-electron chi connectivity index (χ1n) is 6.04. The third kappa shape index (κ3) is 5.91. The predicted molar refractivity (Wildman–Crippen MR) is 67.1 cm³/mol. The Labute approximate surface area is 106 Å². The predicted octanol–water partition coefficient (Wildman–Crippen LogP) is 3.43. The van der Waals surface area contributed by atoms with Crippen LogP contribution in [0.4, 0.5) is 18.9 Å². The van der Waals surface area contributed by atoms with Gasteiger partial charge in [-0.1, -0.05) is 19.1 Å². The van der Waals surface area contributed by atoms with Crippen LogP contribution in [-0.4, -0.2) is 24.2 Å². The van der Waals surface area contributed by atoms with Crippen LogP contribution in [0.25, 0.3) is 0 Å². The number of nitrogens with two attached hydrogens (primary N) is 1. The van der Waals surface area contributed by atoms with Gasteiger partial charge < -0.3 is 5.73 Å². The van der Waals surface area contributed by atoms with Crippen LogP contribution in [0.2, 0.25) is 0 Å². The molecule has 0 aliphatic carbocycles. The van der Waals surface area contributed by atoms with Crippen LogP contribution in [0.3, 0.4) is 0 Å². The lowest BCUT2D eigenvalue weighted by atomic mass is 10.2. The van der Waals surface area contributed by atoms with E-state index in [1.54, 1.807) is 6.07 Å². The molecule has 0 spiro atoms. The molecular weight excluding hydrogens is 241 g/mol. The SMILES string of the molecule is CCN(CCCC(F)(F)F)Cc1cccc(N)c1. The minimum atomic E-state index is -4.06. The zero-order valence-electron chi connectivity index (χ0n) is 10.5. The summed E-state index contributed by atoms with van der Waals surface area (Å²) in [7, 11) is 0. The van der Waals surface area contributed by atoms with Gasteiger partial charge in [0.1, 0.15) is 0 Å². The second kappa shape index (κ2) is 6.64. The maximum atomic E-state index is 12.1. The van der Waals surface area contributed by atoms with Gasteiger partial charge in [0, 0.05) is 18.7 Å². The largest absolute Gasteiger partial charge is 0.399 e. The highest BCUT2D eigenvalue weighted by atomic mass is 19.4. The molecule has 1 rings (SSSR count). The van der Waals surface area contributed by atoms with Crippen molar-refractivity contribution in [1.29, 1.82) is 0 Å². The van der Waals surface area contributed by atoms with Crippen molar-refractivity contribution in [3.63, 3.8) is 0 Å². The minimum Gasteiger partial charge on any atom is -0.399 e. The molecule has 1 aromatic carbocycles. The summed E-state index contributed by atoms with van der Waals surface area (Å²) in [5, 5.41) is 0. The molecule has 0 saturated heterocycles. The van der Waals surface area contributed by atoms with Gasteiger partial charge in [-0.15, -0.1) is 0 Å². The van der Waals surface area contributed by atoms with Crippen LogP contribution in [0, 0.1) is 0 Å². The number of nitrogens with zero attached hydrogens (tertiary/aromatic N) is 1. The molecule has 0 amide bonds. The van der Waals surface area contributed by atoms with Crippen molar-refractivity contribution in [2.45, 2.75) is 32.5 Å². The smallest absolute Gasteiger partial charge is 0.389 e. The average molecular weight is 260 g/mol. The second-order valence-corrected chi connectivity index (χ2v) is 4.33. The van der Waals surface area contributed by atoms with E-state index in [1.165, 1.54) is 0 Å². The summed E-state index contributed by atoms with van der Waals surface area (Å²) in [6.07, 6.45) is -4.64. The minimum absolute atomic E-state index is 0.139. The van der Waals surface area contributed by atoms with Crippen LogP contribution in [-0.2, 0) is 6.54 Å². The van der Waals surface area contributed by atoms with E-state index in [2.05, 4.69) is 0 Å². The fourth-order valence-corrected chi connectivity index (χ4v) is 1.80. The molecule has 102 valence electrons. The van der Waals surface area contributed by atoms with E-state index < -0.39 is 12.6 Å². The summed E-state index contributed by atoms with van der Waals surface area (Å²) < 4.78 is 36.2. The third-order valence-corrected chi connectivity index (χ3v) is 2.74. The Bertz CT molecular complexity index is 363. The van der Waals surface area contributed by atoms with E-state index in [1.807, 2.05) is 30.0 Å². The van der Waals surface area contributed by atoms with Crippen molar-refractivity contribution >= 4 is 5.69 Å². The lowest BCUT2D eigenvalue weighted by Gasteiger charge is -2.21. The fraction of sp³-hybridized carbons (Fsp3) is 0.538. The molecule has 0 aromatic heterocycles. The molecule has 0 heterocycles. The molecule has 0 radical (unpaired) electrons. The lowest BCUT2D eigenvalue weighted by Crippen LogP contribution is -2.25. The first kappa shape index (κ1) is 14.8. The molecule has 1 aromatic rings. The second-order valence-electron chi connectivity index (χ2n) is 4.33. The summed E-state index contributed by atoms with van der Waals surface area (Å²) in [6.45, 7) is 3.76. The number of nitrogen functional groups attached to an aromatic ring is 1. The van der Waals surface area contributed by atoms with Gasteiger partial charge in [-0.3, -0.25) is 4.90 Å². The topological polar surface area (TPSA) is 29.3 Å². The van der Waals surface area contributed by atoms with Crippen molar-refractivity contribution in [3.05, 3.63) is 29.8 Å². The molecule has 2 N–H and O–H groups in total. The molecule has 0 atom stereocenters. The molecule has 0 saturated carbocycles. The molecule has 18 heavy (non-hydrogen) atoms. The van der Waals surface area contributed by atoms with Crippen molar-refractivity contribution in [3.8, 4) is 0 Å². The Balaban J connectivity index is 2.42. The van der Waals surface area contributed by atoms with Gasteiger partial charge in [-0.25, -0.2) is 0 Å². The average Bonchev–Trinajstić information content (AvgIpc) is 2.26. The van der Waals surface area contributed by atoms with E-state index in [9.17, 15) is 13.2 Å². The first-order valence-corrected chi connectivity index (χ1v) is 6.04. The number of benzene rings is 1. The number of halogens is 3. The van der Waals surface area contributed by atoms with Crippen LogP contribution in [0.1, 0.15) is 25.3 Å². The molecule has 0 fully saturated rings. The molecule has 0 aliphatic heterocycles. The fourth-order valence-electron chi connectivity index (χ4n) is 1.80. The van der Waals surface area contributed by atoms with Crippen LogP contribution in [0.5, 0.6) is 0 Å². The number of hydrogen-bond donors (Lipinski definition) is 1. The molecule has 0 unspecified atom stereocenters. The number of rotatable bonds is 6. The first-order chi connectivity index (χ1) is 8.40. The van der Waals surface area contributed by atoms with Gasteiger partial charge in [0.05, 0.1) is 0 Å². The highest BCUT2D eigenvalue weighted by Gasteiger charge is 2.26. The molecule has 0 aliphatic rings. The third-order valence-electron chi connectivity index (χ3n) is 2.74. The maximum absolute atomic E-state index is 12.1. The summed E-state index contributed by atoms with van der Waals surface area (Å²) >= 11 is 0. The van der Waals surface area contributed by atoms with Crippen LogP contribution in [0.15, 0.2) is 24.3 Å². The Morgan fingerprint density at radius 3 is 2.56 bits per heavy atom. The van der Waals surface area contributed by atoms with Gasteiger partial charge in [0.2, 0.25) is 0 Å². The quantitative estimate of drug-likeness (QED) is 0.794. The van der Waals surface area contributed by atoms with Gasteiger partial charge in [-0.05, 0) is 37.2 Å². The van der Waals surface area contributed by atoms with E-state index in [0.29, 0.717) is 18.8 Å². The van der Waals surface area contributed by atoms with Gasteiger partial charge in [-0.2, -0.15) is 13.2 Å². The van der Waals surface area contributed by atoms with E-state index in [4.69, 9.17) is 5.73 Å². The zero-order valence-corrected chi connectivity index (χ0v) is 10.5. The summed E-state index contributed by atoms with van der Waals surface area (Å²) in [5.41, 5.74) is 7.38. The van der Waals surface area contributed by atoms with Crippen molar-refractivity contribution in [2.24, 2.45) is 0 Å². The standard InChI is InChI=1S/C13H19F3N2/c1-2-18(8-4-7-13(14,15)16)10-11-5-3-6-12(17)9-11/h3,5-6,9H,2,4,7-8,10,17H2,1H3. The summed E-state index contributed by atoms with van der Waals surface area (Å²) in [6, 6.07) is 7.44. The number of alkyl halides is 3. The highest BCUT2D eigenvalue weighted by Crippen LogP contribution is 2.21. The van der Waals surface area contributed by atoms with Gasteiger partial charge in [0.15, 0.2) is 0 Å². The number of hydrogen-bond acceptors (Lipinski definition) is 2. The molecule has 5 heteroatoms. The maximum Gasteiger partial charge on any atom is 0.389 e. The molecule has 0 bridgehead atoms.